The van der Waals surface area contributed by atoms with Gasteiger partial charge in [0.1, 0.15) is 36.0 Å². The van der Waals surface area contributed by atoms with Gasteiger partial charge in [-0.05, 0) is 56.0 Å². The summed E-state index contributed by atoms with van der Waals surface area (Å²) in [4.78, 5) is 37.0. The number of allylic oxidation sites excluding steroid dienone is 2. The zero-order valence-corrected chi connectivity index (χ0v) is 26.4. The van der Waals surface area contributed by atoms with E-state index in [0.717, 1.165) is 7.11 Å². The topological polar surface area (TPSA) is 182 Å². The Morgan fingerprint density at radius 1 is 1.04 bits per heavy atom. The largest absolute Gasteiger partial charge is 0.494 e. The number of benzene rings is 2. The van der Waals surface area contributed by atoms with Crippen LogP contribution in [0.3, 0.4) is 0 Å². The van der Waals surface area contributed by atoms with E-state index in [1.807, 2.05) is 19.9 Å². The molecule has 0 amide bonds. The van der Waals surface area contributed by atoms with Gasteiger partial charge in [0.05, 0.1) is 42.3 Å². The third-order valence-electron chi connectivity index (χ3n) is 7.03. The fraction of sp³-hybridized carbons (Fsp3) is 0.424. The monoisotopic (exact) mass is 636 g/mol. The number of nitrogens with one attached hydrogen (secondary N) is 2. The fourth-order valence-electron chi connectivity index (χ4n) is 4.74. The number of nitro groups is 1. The summed E-state index contributed by atoms with van der Waals surface area (Å²) in [6.45, 7) is 6.74. The molecule has 1 aliphatic heterocycles. The molecule has 0 fully saturated rings. The van der Waals surface area contributed by atoms with Gasteiger partial charge in [0.25, 0.3) is 5.69 Å². The fourth-order valence-corrected chi connectivity index (χ4v) is 4.74. The number of methoxy groups -OCH3 is 1. The predicted octanol–water partition coefficient (Wildman–Crippen LogP) is 4.04. The first-order valence-corrected chi connectivity index (χ1v) is 14.9. The Morgan fingerprint density at radius 2 is 1.72 bits per heavy atom. The number of hydrogen-bond acceptors (Lipinski definition) is 12. The molecule has 0 radical (unpaired) electrons. The second-order valence-electron chi connectivity index (χ2n) is 10.9. The minimum Gasteiger partial charge on any atom is -0.494 e. The number of ether oxygens (including phenoxy) is 4. The summed E-state index contributed by atoms with van der Waals surface area (Å²) in [6, 6.07) is 14.9. The van der Waals surface area contributed by atoms with Gasteiger partial charge in [-0.1, -0.05) is 26.0 Å². The molecule has 3 N–H and O–H groups in total. The zero-order valence-electron chi connectivity index (χ0n) is 26.4. The number of nitriles is 1. The van der Waals surface area contributed by atoms with Crippen molar-refractivity contribution < 1.29 is 38.6 Å². The highest BCUT2D eigenvalue weighted by atomic mass is 16.6. The van der Waals surface area contributed by atoms with Crippen molar-refractivity contribution in [2.45, 2.75) is 58.1 Å². The SMILES string of the molecule is COC(=O)C1=C(C#N)NC(C)=C(C(=O)OCCCCCOc2ccc(OCC(O)CNC(C)C)cc2)C1c1cccc([N+](=O)[O-])c1. The summed E-state index contributed by atoms with van der Waals surface area (Å²) in [6.07, 6.45) is 1.33. The first kappa shape index (κ1) is 35.5. The van der Waals surface area contributed by atoms with Crippen molar-refractivity contribution in [3.63, 3.8) is 0 Å². The van der Waals surface area contributed by atoms with Crippen molar-refractivity contribution in [3.05, 3.63) is 86.7 Å². The van der Waals surface area contributed by atoms with Gasteiger partial charge in [0, 0.05) is 30.4 Å². The number of esters is 2. The van der Waals surface area contributed by atoms with Crippen LogP contribution in [0.4, 0.5) is 5.69 Å². The summed E-state index contributed by atoms with van der Waals surface area (Å²) in [5.74, 6) is -1.39. The van der Waals surface area contributed by atoms with Gasteiger partial charge in [0.15, 0.2) is 0 Å². The van der Waals surface area contributed by atoms with Gasteiger partial charge in [-0.25, -0.2) is 9.59 Å². The summed E-state index contributed by atoms with van der Waals surface area (Å²) in [5, 5.41) is 37.1. The molecule has 1 heterocycles. The van der Waals surface area contributed by atoms with E-state index >= 15 is 0 Å². The van der Waals surface area contributed by atoms with Crippen LogP contribution in [0.25, 0.3) is 0 Å². The lowest BCUT2D eigenvalue weighted by Crippen LogP contribution is -2.35. The average Bonchev–Trinajstić information content (AvgIpc) is 3.05. The van der Waals surface area contributed by atoms with Crippen molar-refractivity contribution in [2.75, 3.05) is 33.5 Å². The highest BCUT2D eigenvalue weighted by Gasteiger charge is 2.39. The van der Waals surface area contributed by atoms with E-state index in [2.05, 4.69) is 10.6 Å². The summed E-state index contributed by atoms with van der Waals surface area (Å²) >= 11 is 0. The van der Waals surface area contributed by atoms with Gasteiger partial charge in [-0.3, -0.25) is 10.1 Å². The van der Waals surface area contributed by atoms with Crippen LogP contribution in [0.15, 0.2) is 71.1 Å². The summed E-state index contributed by atoms with van der Waals surface area (Å²) < 4.78 is 21.8. The van der Waals surface area contributed by atoms with E-state index in [1.165, 1.54) is 18.2 Å². The smallest absolute Gasteiger partial charge is 0.337 e. The van der Waals surface area contributed by atoms with Crippen molar-refractivity contribution in [1.82, 2.24) is 10.6 Å². The van der Waals surface area contributed by atoms with E-state index in [-0.39, 0.29) is 53.0 Å². The van der Waals surface area contributed by atoms with Crippen molar-refractivity contribution in [1.29, 1.82) is 5.26 Å². The number of unbranched alkanes of at least 4 members (excludes halogenated alkanes) is 2. The molecule has 3 rings (SSSR count). The lowest BCUT2D eigenvalue weighted by molar-refractivity contribution is -0.384. The first-order chi connectivity index (χ1) is 22.0. The molecule has 246 valence electrons. The van der Waals surface area contributed by atoms with E-state index < -0.39 is 28.9 Å². The molecule has 0 bridgehead atoms. The normalized spacial score (nSPS) is 15.1. The number of aliphatic hydroxyl groups is 1. The van der Waals surface area contributed by atoms with Gasteiger partial charge in [-0.2, -0.15) is 5.26 Å². The molecule has 0 aliphatic carbocycles. The van der Waals surface area contributed by atoms with Crippen LogP contribution in [0.5, 0.6) is 11.5 Å². The number of dihydropyridines is 1. The Balaban J connectivity index is 1.52. The Morgan fingerprint density at radius 3 is 2.35 bits per heavy atom. The van der Waals surface area contributed by atoms with Crippen LogP contribution in [-0.2, 0) is 19.1 Å². The minimum absolute atomic E-state index is 0.0531. The summed E-state index contributed by atoms with van der Waals surface area (Å²) in [5.41, 5.74) is 0.112. The second-order valence-corrected chi connectivity index (χ2v) is 10.9. The van der Waals surface area contributed by atoms with Gasteiger partial charge >= 0.3 is 11.9 Å². The molecule has 0 spiro atoms. The third kappa shape index (κ3) is 10.0. The molecule has 1 aliphatic rings. The number of rotatable bonds is 17. The van der Waals surface area contributed by atoms with E-state index in [4.69, 9.17) is 18.9 Å². The molecular formula is C33H40N4O9. The van der Waals surface area contributed by atoms with E-state index in [9.17, 15) is 30.1 Å². The Kier molecular flexibility index (Phi) is 13.5. The third-order valence-corrected chi connectivity index (χ3v) is 7.03. The van der Waals surface area contributed by atoms with Crippen LogP contribution in [0, 0.1) is 21.4 Å². The van der Waals surface area contributed by atoms with Crippen molar-refractivity contribution in [3.8, 4) is 17.6 Å². The molecule has 2 atom stereocenters. The van der Waals surface area contributed by atoms with Crippen molar-refractivity contribution in [2.24, 2.45) is 0 Å². The predicted molar refractivity (Wildman–Crippen MR) is 168 cm³/mol. The minimum atomic E-state index is -1.12. The Hall–Kier alpha value is -4.93. The quantitative estimate of drug-likeness (QED) is 0.0982. The van der Waals surface area contributed by atoms with Gasteiger partial charge in [-0.15, -0.1) is 0 Å². The number of carbonyl (C=O) groups excluding carboxylic acids is 2. The molecular weight excluding hydrogens is 596 g/mol. The van der Waals surface area contributed by atoms with Crippen LogP contribution >= 0.6 is 0 Å². The lowest BCUT2D eigenvalue weighted by Gasteiger charge is -2.29. The Bertz CT molecular complexity index is 1480. The van der Waals surface area contributed by atoms with Crippen molar-refractivity contribution >= 4 is 17.6 Å². The standard InChI is InChI=1S/C33H40N4O9/c1-21(2)35-19-25(38)20-46-27-13-11-26(12-14-27)44-15-6-5-7-16-45-33(40)29-22(3)36-28(18-34)31(32(39)43-4)30(29)23-9-8-10-24(17-23)37(41)42/h8-14,17,21,25,30,35-36,38H,5-7,15-16,19-20H2,1-4H3. The Labute approximate surface area is 267 Å². The second kappa shape index (κ2) is 17.5. The lowest BCUT2D eigenvalue weighted by atomic mass is 9.80. The number of hydrogen-bond donors (Lipinski definition) is 3. The number of aliphatic hydroxyl groups excluding tert-OH is 1. The maximum atomic E-state index is 13.3. The van der Waals surface area contributed by atoms with Crippen LogP contribution < -0.4 is 20.1 Å². The first-order valence-electron chi connectivity index (χ1n) is 14.9. The average molecular weight is 637 g/mol. The van der Waals surface area contributed by atoms with Gasteiger partial charge < -0.3 is 34.7 Å². The molecule has 2 unspecified atom stereocenters. The highest BCUT2D eigenvalue weighted by Crippen LogP contribution is 2.40. The molecule has 13 nitrogen and oxygen atoms in total. The van der Waals surface area contributed by atoms with Crippen LogP contribution in [0.2, 0.25) is 0 Å². The van der Waals surface area contributed by atoms with Crippen LogP contribution in [0.1, 0.15) is 51.5 Å². The van der Waals surface area contributed by atoms with E-state index in [0.29, 0.717) is 43.9 Å². The highest BCUT2D eigenvalue weighted by molar-refractivity contribution is 6.00. The molecule has 0 saturated carbocycles. The number of nitro benzene ring substituents is 1. The zero-order chi connectivity index (χ0) is 33.6. The number of nitrogens with zero attached hydrogens (tertiary/aromatic N) is 2. The van der Waals surface area contributed by atoms with E-state index in [1.54, 1.807) is 37.3 Å². The molecule has 0 aromatic heterocycles. The molecule has 2 aromatic carbocycles. The maximum Gasteiger partial charge on any atom is 0.337 e. The molecule has 0 saturated heterocycles. The molecule has 46 heavy (non-hydrogen) atoms. The number of carbonyl (C=O) groups is 2. The van der Waals surface area contributed by atoms with Gasteiger partial charge in [0.2, 0.25) is 0 Å². The summed E-state index contributed by atoms with van der Waals surface area (Å²) in [7, 11) is 1.14. The maximum absolute atomic E-state index is 13.3. The molecule has 13 heteroatoms. The molecule has 2 aromatic rings. The van der Waals surface area contributed by atoms with Crippen LogP contribution in [-0.4, -0.2) is 67.6 Å². The number of non-ortho nitro benzene ring substituents is 1.